The van der Waals surface area contributed by atoms with E-state index in [4.69, 9.17) is 5.11 Å². The maximum atomic E-state index is 10.6. The summed E-state index contributed by atoms with van der Waals surface area (Å²) < 4.78 is 0. The number of benzene rings is 1. The number of carbonyl (C=O) groups is 1. The highest BCUT2D eigenvalue weighted by molar-refractivity contribution is 8.00. The lowest BCUT2D eigenvalue weighted by Gasteiger charge is -2.40. The molecule has 0 aromatic heterocycles. The molecule has 0 amide bonds. The molecular formula is C16H21NO2S. The van der Waals surface area contributed by atoms with Gasteiger partial charge in [0.05, 0.1) is 0 Å². The smallest absolute Gasteiger partial charge is 0.328 e. The van der Waals surface area contributed by atoms with Crippen LogP contribution in [0.3, 0.4) is 0 Å². The van der Waals surface area contributed by atoms with E-state index in [-0.39, 0.29) is 0 Å². The summed E-state index contributed by atoms with van der Waals surface area (Å²) in [5.41, 5.74) is 3.39. The molecule has 4 heteroatoms. The van der Waals surface area contributed by atoms with Gasteiger partial charge in [0.1, 0.15) is 0 Å². The normalized spacial score (nSPS) is 23.2. The van der Waals surface area contributed by atoms with Crippen LogP contribution in [-0.4, -0.2) is 34.7 Å². The minimum atomic E-state index is -0.915. The van der Waals surface area contributed by atoms with Gasteiger partial charge in [0, 0.05) is 35.4 Å². The first-order chi connectivity index (χ1) is 9.49. The fourth-order valence-electron chi connectivity index (χ4n) is 2.55. The highest BCUT2D eigenvalue weighted by atomic mass is 32.2. The van der Waals surface area contributed by atoms with E-state index in [1.54, 1.807) is 6.08 Å². The zero-order chi connectivity index (χ0) is 14.7. The van der Waals surface area contributed by atoms with Crippen LogP contribution in [0.2, 0.25) is 0 Å². The van der Waals surface area contributed by atoms with Crippen molar-refractivity contribution in [1.29, 1.82) is 0 Å². The van der Waals surface area contributed by atoms with E-state index < -0.39 is 5.97 Å². The fourth-order valence-corrected chi connectivity index (χ4v) is 3.64. The van der Waals surface area contributed by atoms with Crippen molar-refractivity contribution >= 4 is 29.5 Å². The first-order valence-corrected chi connectivity index (χ1v) is 7.94. The summed E-state index contributed by atoms with van der Waals surface area (Å²) in [5, 5.41) is 9.30. The molecule has 1 heterocycles. The molecule has 1 aliphatic rings. The van der Waals surface area contributed by atoms with Crippen molar-refractivity contribution in [1.82, 2.24) is 0 Å². The number of carboxylic acid groups (broad SMARTS) is 1. The van der Waals surface area contributed by atoms with Crippen LogP contribution in [-0.2, 0) is 4.79 Å². The van der Waals surface area contributed by atoms with Crippen molar-refractivity contribution in [2.45, 2.75) is 32.1 Å². The third kappa shape index (κ3) is 3.37. The summed E-state index contributed by atoms with van der Waals surface area (Å²) >= 11 is 2.03. The molecular weight excluding hydrogens is 270 g/mol. The molecule has 0 saturated carbocycles. The van der Waals surface area contributed by atoms with Crippen molar-refractivity contribution in [3.05, 3.63) is 35.4 Å². The number of aryl methyl sites for hydroxylation is 1. The van der Waals surface area contributed by atoms with Gasteiger partial charge in [0.15, 0.2) is 0 Å². The average Bonchev–Trinajstić information content (AvgIpc) is 2.40. The summed E-state index contributed by atoms with van der Waals surface area (Å²) in [5.74, 6) is 0.244. The standard InChI is InChI=1S/C16H21NO2S/c1-11-10-14(5-7-16(18)19)4-6-15(11)17-8-9-20-13(3)12(17)2/h4-7,10,12-13H,8-9H2,1-3H3,(H,18,19)/b7-5+. The van der Waals surface area contributed by atoms with E-state index in [9.17, 15) is 4.79 Å². The molecule has 20 heavy (non-hydrogen) atoms. The van der Waals surface area contributed by atoms with Crippen LogP contribution in [0, 0.1) is 6.92 Å². The Balaban J connectivity index is 2.23. The van der Waals surface area contributed by atoms with Crippen LogP contribution in [0.4, 0.5) is 5.69 Å². The van der Waals surface area contributed by atoms with Crippen LogP contribution in [0.1, 0.15) is 25.0 Å². The number of aliphatic carboxylic acids is 1. The number of anilines is 1. The minimum Gasteiger partial charge on any atom is -0.478 e. The minimum absolute atomic E-state index is 0.521. The van der Waals surface area contributed by atoms with Crippen molar-refractivity contribution in [2.24, 2.45) is 0 Å². The van der Waals surface area contributed by atoms with E-state index in [2.05, 4.69) is 31.7 Å². The molecule has 2 unspecified atom stereocenters. The summed E-state index contributed by atoms with van der Waals surface area (Å²) in [6.07, 6.45) is 2.81. The molecule has 1 saturated heterocycles. The molecule has 1 fully saturated rings. The van der Waals surface area contributed by atoms with Gasteiger partial charge in [-0.1, -0.05) is 13.0 Å². The Hall–Kier alpha value is -1.42. The lowest BCUT2D eigenvalue weighted by molar-refractivity contribution is -0.131. The highest BCUT2D eigenvalue weighted by Crippen LogP contribution is 2.31. The maximum Gasteiger partial charge on any atom is 0.328 e. The Kier molecular flexibility index (Phi) is 4.76. The van der Waals surface area contributed by atoms with E-state index in [1.165, 1.54) is 17.3 Å². The Morgan fingerprint density at radius 1 is 1.45 bits per heavy atom. The maximum absolute atomic E-state index is 10.6. The van der Waals surface area contributed by atoms with Crippen LogP contribution in [0.5, 0.6) is 0 Å². The Bertz CT molecular complexity index is 527. The molecule has 0 aliphatic carbocycles. The summed E-state index contributed by atoms with van der Waals surface area (Å²) in [6, 6.07) is 6.66. The van der Waals surface area contributed by atoms with Crippen molar-refractivity contribution in [2.75, 3.05) is 17.2 Å². The van der Waals surface area contributed by atoms with Crippen molar-refractivity contribution in [3.63, 3.8) is 0 Å². The quantitative estimate of drug-likeness (QED) is 0.866. The number of thioether (sulfide) groups is 1. The van der Waals surface area contributed by atoms with Gasteiger partial charge in [-0.15, -0.1) is 0 Å². The first-order valence-electron chi connectivity index (χ1n) is 6.89. The zero-order valence-electron chi connectivity index (χ0n) is 12.2. The van der Waals surface area contributed by atoms with E-state index in [0.717, 1.165) is 17.9 Å². The lowest BCUT2D eigenvalue weighted by atomic mass is 10.1. The fraction of sp³-hybridized carbons (Fsp3) is 0.438. The molecule has 1 aromatic carbocycles. The second-order valence-corrected chi connectivity index (χ2v) is 6.71. The van der Waals surface area contributed by atoms with E-state index >= 15 is 0 Å². The van der Waals surface area contributed by atoms with Gasteiger partial charge in [0.25, 0.3) is 0 Å². The van der Waals surface area contributed by atoms with Crippen LogP contribution < -0.4 is 4.90 Å². The predicted octanol–water partition coefficient (Wildman–Crippen LogP) is 3.42. The lowest BCUT2D eigenvalue weighted by Crippen LogP contribution is -2.45. The van der Waals surface area contributed by atoms with Crippen LogP contribution in [0.25, 0.3) is 6.08 Å². The SMILES string of the molecule is Cc1cc(/C=C/C(=O)O)ccc1N1CCSC(C)C1C. The van der Waals surface area contributed by atoms with Crippen LogP contribution in [0.15, 0.2) is 24.3 Å². The van der Waals surface area contributed by atoms with E-state index in [1.807, 2.05) is 23.9 Å². The van der Waals surface area contributed by atoms with Gasteiger partial charge in [-0.25, -0.2) is 4.79 Å². The third-order valence-electron chi connectivity index (χ3n) is 3.83. The number of carboxylic acids is 1. The zero-order valence-corrected chi connectivity index (χ0v) is 13.0. The van der Waals surface area contributed by atoms with Crippen molar-refractivity contribution in [3.8, 4) is 0 Å². The van der Waals surface area contributed by atoms with Gasteiger partial charge in [-0.05, 0) is 43.2 Å². The third-order valence-corrected chi connectivity index (χ3v) is 5.17. The Morgan fingerprint density at radius 2 is 2.20 bits per heavy atom. The molecule has 1 N–H and O–H groups in total. The molecule has 0 radical (unpaired) electrons. The van der Waals surface area contributed by atoms with Crippen molar-refractivity contribution < 1.29 is 9.90 Å². The molecule has 2 rings (SSSR count). The van der Waals surface area contributed by atoms with Gasteiger partial charge < -0.3 is 10.0 Å². The van der Waals surface area contributed by atoms with Gasteiger partial charge in [0.2, 0.25) is 0 Å². The van der Waals surface area contributed by atoms with Gasteiger partial charge in [-0.3, -0.25) is 0 Å². The van der Waals surface area contributed by atoms with Gasteiger partial charge in [-0.2, -0.15) is 11.8 Å². The average molecular weight is 291 g/mol. The molecule has 108 valence electrons. The molecule has 3 nitrogen and oxygen atoms in total. The Morgan fingerprint density at radius 3 is 2.85 bits per heavy atom. The van der Waals surface area contributed by atoms with E-state index in [0.29, 0.717) is 11.3 Å². The number of nitrogens with zero attached hydrogens (tertiary/aromatic N) is 1. The predicted molar refractivity (Wildman–Crippen MR) is 86.6 cm³/mol. The second kappa shape index (κ2) is 6.35. The molecule has 1 aliphatic heterocycles. The molecule has 2 atom stereocenters. The second-order valence-electron chi connectivity index (χ2n) is 5.23. The largest absolute Gasteiger partial charge is 0.478 e. The van der Waals surface area contributed by atoms with Crippen LogP contribution >= 0.6 is 11.8 Å². The molecule has 0 bridgehead atoms. The summed E-state index contributed by atoms with van der Waals surface area (Å²) in [4.78, 5) is 13.0. The molecule has 0 spiro atoms. The molecule has 1 aromatic rings. The first kappa shape index (κ1) is 15.0. The van der Waals surface area contributed by atoms with Gasteiger partial charge >= 0.3 is 5.97 Å². The summed E-state index contributed by atoms with van der Waals surface area (Å²) in [7, 11) is 0. The summed E-state index contributed by atoms with van der Waals surface area (Å²) in [6.45, 7) is 7.71. The monoisotopic (exact) mass is 291 g/mol. The highest BCUT2D eigenvalue weighted by Gasteiger charge is 2.26. The number of hydrogen-bond acceptors (Lipinski definition) is 3. The number of rotatable bonds is 3. The Labute approximate surface area is 124 Å². The topological polar surface area (TPSA) is 40.5 Å². The number of hydrogen-bond donors (Lipinski definition) is 1.